The van der Waals surface area contributed by atoms with Crippen LogP contribution in [0.1, 0.15) is 24.3 Å². The minimum Gasteiger partial charge on any atom is -0.360 e. The fourth-order valence-corrected chi connectivity index (χ4v) is 3.62. The van der Waals surface area contributed by atoms with E-state index < -0.39 is 0 Å². The molecule has 0 unspecified atom stereocenters. The molecule has 1 N–H and O–H groups in total. The second-order valence-electron chi connectivity index (χ2n) is 7.23. The zero-order valence-corrected chi connectivity index (χ0v) is 15.7. The molecule has 144 valence electrons. The number of nitrogens with one attached hydrogen (secondary N) is 1. The molecule has 2 aliphatic heterocycles. The lowest BCUT2D eigenvalue weighted by atomic mass is 10.3. The maximum Gasteiger partial charge on any atom is 0.321 e. The predicted molar refractivity (Wildman–Crippen MR) is 103 cm³/mol. The van der Waals surface area contributed by atoms with Gasteiger partial charge in [-0.25, -0.2) is 9.78 Å². The normalized spacial score (nSPS) is 18.1. The van der Waals surface area contributed by atoms with Crippen LogP contribution < -0.4 is 10.2 Å². The van der Waals surface area contributed by atoms with Crippen LogP contribution in [-0.2, 0) is 6.54 Å². The van der Waals surface area contributed by atoms with Gasteiger partial charge in [0.2, 0.25) is 0 Å². The topological polar surface area (TPSA) is 77.7 Å². The van der Waals surface area contributed by atoms with E-state index in [0.29, 0.717) is 13.1 Å². The Morgan fingerprint density at radius 2 is 1.93 bits per heavy atom. The molecule has 0 bridgehead atoms. The third kappa shape index (κ3) is 4.39. The summed E-state index contributed by atoms with van der Waals surface area (Å²) in [7, 11) is 0. The first-order valence-electron chi connectivity index (χ1n) is 9.59. The second-order valence-corrected chi connectivity index (χ2v) is 7.23. The molecule has 8 heteroatoms. The van der Waals surface area contributed by atoms with Crippen molar-refractivity contribution in [3.63, 3.8) is 0 Å². The van der Waals surface area contributed by atoms with E-state index >= 15 is 0 Å². The monoisotopic (exact) mass is 370 g/mol. The van der Waals surface area contributed by atoms with Gasteiger partial charge in [-0.15, -0.1) is 0 Å². The fourth-order valence-electron chi connectivity index (χ4n) is 3.62. The Hall–Kier alpha value is -2.61. The Morgan fingerprint density at radius 3 is 2.56 bits per heavy atom. The Bertz CT molecular complexity index is 761. The molecule has 0 aromatic carbocycles. The first-order chi connectivity index (χ1) is 13.2. The number of urea groups is 1. The number of anilines is 2. The molecule has 2 aliphatic rings. The number of carbonyl (C=O) groups is 1. The number of pyridine rings is 1. The molecule has 4 heterocycles. The van der Waals surface area contributed by atoms with E-state index in [9.17, 15) is 4.79 Å². The van der Waals surface area contributed by atoms with Crippen molar-refractivity contribution >= 4 is 17.5 Å². The van der Waals surface area contributed by atoms with Crippen molar-refractivity contribution in [3.8, 4) is 0 Å². The summed E-state index contributed by atoms with van der Waals surface area (Å²) in [5, 5.41) is 6.87. The number of amides is 2. The van der Waals surface area contributed by atoms with E-state index in [1.807, 2.05) is 30.0 Å². The summed E-state index contributed by atoms with van der Waals surface area (Å²) in [6.45, 7) is 7.81. The fraction of sp³-hybridized carbons (Fsp3) is 0.526. The Kier molecular flexibility index (Phi) is 5.24. The van der Waals surface area contributed by atoms with E-state index in [0.717, 1.165) is 55.7 Å². The van der Waals surface area contributed by atoms with Crippen LogP contribution in [0.25, 0.3) is 0 Å². The van der Waals surface area contributed by atoms with Crippen LogP contribution in [0.3, 0.4) is 0 Å². The standard InChI is InChI=1S/C19H26N6O2/c1-15-12-17(27-22-15)14-23-8-10-25(11-9-23)19(26)21-16-4-5-18(20-13-16)24-6-2-3-7-24/h4-5,12-13H,2-3,6-11,14H2,1H3,(H,21,26). The largest absolute Gasteiger partial charge is 0.360 e. The maximum absolute atomic E-state index is 12.5. The number of hydrogen-bond donors (Lipinski definition) is 1. The average molecular weight is 370 g/mol. The van der Waals surface area contributed by atoms with Crippen LogP contribution in [0, 0.1) is 6.92 Å². The number of hydrogen-bond acceptors (Lipinski definition) is 6. The van der Waals surface area contributed by atoms with Crippen molar-refractivity contribution in [2.75, 3.05) is 49.5 Å². The summed E-state index contributed by atoms with van der Waals surface area (Å²) in [5.74, 6) is 1.86. The molecule has 2 fully saturated rings. The molecule has 0 radical (unpaired) electrons. The van der Waals surface area contributed by atoms with E-state index in [-0.39, 0.29) is 6.03 Å². The molecule has 4 rings (SSSR count). The van der Waals surface area contributed by atoms with E-state index in [2.05, 4.69) is 25.3 Å². The summed E-state index contributed by atoms with van der Waals surface area (Å²) in [6.07, 6.45) is 4.19. The smallest absolute Gasteiger partial charge is 0.321 e. The van der Waals surface area contributed by atoms with Gasteiger partial charge in [0, 0.05) is 45.3 Å². The Balaban J connectivity index is 1.25. The van der Waals surface area contributed by atoms with Gasteiger partial charge in [-0.1, -0.05) is 5.16 Å². The number of aromatic nitrogens is 2. The van der Waals surface area contributed by atoms with Crippen molar-refractivity contribution in [1.82, 2.24) is 19.9 Å². The molecule has 2 aromatic rings. The summed E-state index contributed by atoms with van der Waals surface area (Å²) in [6, 6.07) is 5.80. The average Bonchev–Trinajstić information content (AvgIpc) is 3.35. The predicted octanol–water partition coefficient (Wildman–Crippen LogP) is 2.33. The lowest BCUT2D eigenvalue weighted by molar-refractivity contribution is 0.134. The van der Waals surface area contributed by atoms with Crippen molar-refractivity contribution in [1.29, 1.82) is 0 Å². The van der Waals surface area contributed by atoms with Crippen LogP contribution >= 0.6 is 0 Å². The highest BCUT2D eigenvalue weighted by molar-refractivity contribution is 5.89. The molecule has 0 saturated carbocycles. The van der Waals surface area contributed by atoms with Crippen LogP contribution in [0.5, 0.6) is 0 Å². The first kappa shape index (κ1) is 17.8. The van der Waals surface area contributed by atoms with E-state index in [4.69, 9.17) is 4.52 Å². The van der Waals surface area contributed by atoms with Crippen LogP contribution in [0.4, 0.5) is 16.3 Å². The number of carbonyl (C=O) groups excluding carboxylic acids is 1. The number of aryl methyl sites for hydroxylation is 1. The second kappa shape index (κ2) is 7.96. The van der Waals surface area contributed by atoms with Crippen LogP contribution in [-0.4, -0.2) is 65.2 Å². The molecule has 8 nitrogen and oxygen atoms in total. The van der Waals surface area contributed by atoms with Gasteiger partial charge in [0.05, 0.1) is 24.1 Å². The third-order valence-corrected chi connectivity index (χ3v) is 5.14. The number of rotatable bonds is 4. The highest BCUT2D eigenvalue weighted by atomic mass is 16.5. The molecular weight excluding hydrogens is 344 g/mol. The molecule has 0 spiro atoms. The molecule has 0 atom stereocenters. The van der Waals surface area contributed by atoms with E-state index in [1.54, 1.807) is 6.20 Å². The first-order valence-corrected chi connectivity index (χ1v) is 9.59. The zero-order chi connectivity index (χ0) is 18.6. The minimum atomic E-state index is -0.0686. The Labute approximate surface area is 159 Å². The molecule has 2 saturated heterocycles. The number of piperazine rings is 1. The molecule has 2 amide bonds. The van der Waals surface area contributed by atoms with Gasteiger partial charge in [-0.05, 0) is 31.9 Å². The van der Waals surface area contributed by atoms with Crippen molar-refractivity contribution < 1.29 is 9.32 Å². The summed E-state index contributed by atoms with van der Waals surface area (Å²) in [5.41, 5.74) is 1.63. The van der Waals surface area contributed by atoms with Crippen molar-refractivity contribution in [3.05, 3.63) is 35.9 Å². The van der Waals surface area contributed by atoms with Gasteiger partial charge >= 0.3 is 6.03 Å². The van der Waals surface area contributed by atoms with Crippen LogP contribution in [0.15, 0.2) is 28.9 Å². The molecule has 27 heavy (non-hydrogen) atoms. The summed E-state index contributed by atoms with van der Waals surface area (Å²) < 4.78 is 5.27. The van der Waals surface area contributed by atoms with Gasteiger partial charge in [-0.3, -0.25) is 4.90 Å². The minimum absolute atomic E-state index is 0.0686. The van der Waals surface area contributed by atoms with Crippen molar-refractivity contribution in [2.45, 2.75) is 26.3 Å². The number of nitrogens with zero attached hydrogens (tertiary/aromatic N) is 5. The molecule has 2 aromatic heterocycles. The maximum atomic E-state index is 12.5. The van der Waals surface area contributed by atoms with Gasteiger partial charge in [0.1, 0.15) is 5.82 Å². The highest BCUT2D eigenvalue weighted by Crippen LogP contribution is 2.19. The molecular formula is C19H26N6O2. The van der Waals surface area contributed by atoms with E-state index in [1.165, 1.54) is 12.8 Å². The zero-order valence-electron chi connectivity index (χ0n) is 15.7. The lowest BCUT2D eigenvalue weighted by Gasteiger charge is -2.34. The Morgan fingerprint density at radius 1 is 1.15 bits per heavy atom. The quantitative estimate of drug-likeness (QED) is 0.890. The van der Waals surface area contributed by atoms with Crippen LogP contribution in [0.2, 0.25) is 0 Å². The summed E-state index contributed by atoms with van der Waals surface area (Å²) >= 11 is 0. The highest BCUT2D eigenvalue weighted by Gasteiger charge is 2.22. The van der Waals surface area contributed by atoms with Gasteiger partial charge in [-0.2, -0.15) is 0 Å². The summed E-state index contributed by atoms with van der Waals surface area (Å²) in [4.78, 5) is 23.4. The molecule has 0 aliphatic carbocycles. The van der Waals surface area contributed by atoms with Gasteiger partial charge < -0.3 is 19.6 Å². The van der Waals surface area contributed by atoms with Gasteiger partial charge in [0.25, 0.3) is 0 Å². The lowest BCUT2D eigenvalue weighted by Crippen LogP contribution is -2.49. The van der Waals surface area contributed by atoms with Crippen molar-refractivity contribution in [2.24, 2.45) is 0 Å². The SMILES string of the molecule is Cc1cc(CN2CCN(C(=O)Nc3ccc(N4CCCC4)nc3)CC2)on1. The van der Waals surface area contributed by atoms with Gasteiger partial charge in [0.15, 0.2) is 5.76 Å². The third-order valence-electron chi connectivity index (χ3n) is 5.14.